The Labute approximate surface area is 111 Å². The lowest BCUT2D eigenvalue weighted by molar-refractivity contribution is -0.148. The largest absolute Gasteiger partial charge is 0.465 e. The minimum atomic E-state index is -0.950. The number of ketones is 1. The van der Waals surface area contributed by atoms with Gasteiger partial charge in [0.15, 0.2) is 0 Å². The number of hydrogen-bond donors (Lipinski definition) is 0. The Bertz CT molecular complexity index is 511. The molecule has 0 aliphatic carbocycles. The number of hydrogen-bond acceptors (Lipinski definition) is 5. The highest BCUT2D eigenvalue weighted by Gasteiger charge is 2.24. The topological polar surface area (TPSA) is 69.7 Å². The minimum absolute atomic E-state index is 0.0946. The molecule has 0 aromatic heterocycles. The summed E-state index contributed by atoms with van der Waals surface area (Å²) in [6.07, 6.45) is 0. The molecule has 1 aromatic rings. The third kappa shape index (κ3) is 4.21. The molecule has 0 heterocycles. The number of methoxy groups -OCH3 is 1. The second-order valence-corrected chi connectivity index (χ2v) is 4.90. The van der Waals surface area contributed by atoms with Crippen molar-refractivity contribution in [2.75, 3.05) is 7.11 Å². The molecular weight excluding hydrogens is 248 g/mol. The molecule has 0 radical (unpaired) electrons. The number of esters is 2. The molecule has 102 valence electrons. The average Bonchev–Trinajstić information content (AvgIpc) is 2.35. The predicted octanol–water partition coefficient (Wildman–Crippen LogP) is 2.00. The van der Waals surface area contributed by atoms with E-state index in [1.165, 1.54) is 31.4 Å². The predicted molar refractivity (Wildman–Crippen MR) is 68.0 cm³/mol. The molecule has 0 spiro atoms. The Morgan fingerprint density at radius 2 is 1.63 bits per heavy atom. The molecule has 0 bridgehead atoms. The lowest BCUT2D eigenvalue weighted by atomic mass is 10.1. The van der Waals surface area contributed by atoms with Crippen LogP contribution in [0.4, 0.5) is 0 Å². The van der Waals surface area contributed by atoms with Gasteiger partial charge in [0.2, 0.25) is 0 Å². The Morgan fingerprint density at radius 3 is 2.16 bits per heavy atom. The van der Waals surface area contributed by atoms with Crippen molar-refractivity contribution in [3.8, 4) is 0 Å². The first-order valence-electron chi connectivity index (χ1n) is 5.70. The van der Waals surface area contributed by atoms with Crippen LogP contribution in [0.2, 0.25) is 0 Å². The Kier molecular flexibility index (Phi) is 4.43. The van der Waals surface area contributed by atoms with Crippen molar-refractivity contribution >= 4 is 17.7 Å². The van der Waals surface area contributed by atoms with E-state index in [2.05, 4.69) is 4.74 Å². The summed E-state index contributed by atoms with van der Waals surface area (Å²) < 4.78 is 9.52. The van der Waals surface area contributed by atoms with E-state index in [1.54, 1.807) is 20.8 Å². The highest BCUT2D eigenvalue weighted by molar-refractivity contribution is 6.40. The first-order chi connectivity index (χ1) is 8.74. The summed E-state index contributed by atoms with van der Waals surface area (Å²) in [6.45, 7) is 5.01. The van der Waals surface area contributed by atoms with Crippen LogP contribution < -0.4 is 0 Å². The van der Waals surface area contributed by atoms with Gasteiger partial charge in [0.05, 0.1) is 12.7 Å². The number of Topliss-reactive ketones (excluding diaryl/α,β-unsaturated/α-hetero) is 1. The van der Waals surface area contributed by atoms with E-state index in [1.807, 2.05) is 0 Å². The number of carbonyl (C=O) groups is 3. The molecule has 1 aromatic carbocycles. The van der Waals surface area contributed by atoms with Crippen LogP contribution in [0.15, 0.2) is 24.3 Å². The van der Waals surface area contributed by atoms with Crippen molar-refractivity contribution in [3.05, 3.63) is 35.4 Å². The number of benzene rings is 1. The summed E-state index contributed by atoms with van der Waals surface area (Å²) in [5.74, 6) is -2.31. The molecule has 5 heteroatoms. The highest BCUT2D eigenvalue weighted by Crippen LogP contribution is 2.12. The van der Waals surface area contributed by atoms with Gasteiger partial charge in [-0.1, -0.05) is 12.1 Å². The molecule has 0 atom stereocenters. The fourth-order valence-corrected chi connectivity index (χ4v) is 1.35. The van der Waals surface area contributed by atoms with Crippen molar-refractivity contribution in [1.82, 2.24) is 0 Å². The molecule has 1 rings (SSSR count). The van der Waals surface area contributed by atoms with Gasteiger partial charge in [-0.25, -0.2) is 9.59 Å². The second kappa shape index (κ2) is 5.65. The molecule has 0 aliphatic rings. The van der Waals surface area contributed by atoms with E-state index < -0.39 is 23.3 Å². The summed E-state index contributed by atoms with van der Waals surface area (Å²) in [4.78, 5) is 34.8. The van der Waals surface area contributed by atoms with Gasteiger partial charge in [-0.3, -0.25) is 4.79 Å². The van der Waals surface area contributed by atoms with E-state index in [0.717, 1.165) is 0 Å². The fourth-order valence-electron chi connectivity index (χ4n) is 1.35. The second-order valence-electron chi connectivity index (χ2n) is 4.90. The zero-order valence-corrected chi connectivity index (χ0v) is 11.4. The van der Waals surface area contributed by atoms with Gasteiger partial charge in [0.25, 0.3) is 5.78 Å². The van der Waals surface area contributed by atoms with E-state index >= 15 is 0 Å². The highest BCUT2D eigenvalue weighted by atomic mass is 16.6. The van der Waals surface area contributed by atoms with Gasteiger partial charge in [0.1, 0.15) is 5.60 Å². The first kappa shape index (κ1) is 14.9. The number of carbonyl (C=O) groups excluding carboxylic acids is 3. The van der Waals surface area contributed by atoms with E-state index in [0.29, 0.717) is 0 Å². The summed E-state index contributed by atoms with van der Waals surface area (Å²) in [5.41, 5.74) is -0.443. The summed E-state index contributed by atoms with van der Waals surface area (Å²) in [7, 11) is 1.24. The number of rotatable bonds is 3. The van der Waals surface area contributed by atoms with Crippen LogP contribution in [-0.4, -0.2) is 30.4 Å². The maximum absolute atomic E-state index is 11.9. The van der Waals surface area contributed by atoms with E-state index in [9.17, 15) is 14.4 Å². The van der Waals surface area contributed by atoms with Crippen LogP contribution in [0.3, 0.4) is 0 Å². The monoisotopic (exact) mass is 264 g/mol. The van der Waals surface area contributed by atoms with Crippen molar-refractivity contribution in [1.29, 1.82) is 0 Å². The summed E-state index contributed by atoms with van der Waals surface area (Å²) in [6, 6.07) is 5.75. The molecule has 19 heavy (non-hydrogen) atoms. The molecule has 0 saturated heterocycles. The van der Waals surface area contributed by atoms with Gasteiger partial charge in [-0.2, -0.15) is 0 Å². The molecule has 0 unspecified atom stereocenters. The molecule has 0 amide bonds. The first-order valence-corrected chi connectivity index (χ1v) is 5.70. The Morgan fingerprint density at radius 1 is 1.05 bits per heavy atom. The minimum Gasteiger partial charge on any atom is -0.465 e. The normalized spacial score (nSPS) is 10.7. The van der Waals surface area contributed by atoms with Crippen LogP contribution in [0.5, 0.6) is 0 Å². The van der Waals surface area contributed by atoms with Crippen LogP contribution in [-0.2, 0) is 14.3 Å². The Balaban J connectivity index is 2.94. The quantitative estimate of drug-likeness (QED) is 0.474. The zero-order valence-electron chi connectivity index (χ0n) is 11.4. The third-order valence-corrected chi connectivity index (χ3v) is 2.13. The fraction of sp³-hybridized carbons (Fsp3) is 0.357. The lowest BCUT2D eigenvalue weighted by Gasteiger charge is -2.18. The Hall–Kier alpha value is -2.17. The third-order valence-electron chi connectivity index (χ3n) is 2.13. The van der Waals surface area contributed by atoms with Gasteiger partial charge in [0, 0.05) is 5.56 Å². The standard InChI is InChI=1S/C14H16O5/c1-14(2,3)19-13(17)11(15)9-6-5-7-10(8-9)12(16)18-4/h5-8H,1-4H3. The van der Waals surface area contributed by atoms with Crippen molar-refractivity contribution in [2.45, 2.75) is 26.4 Å². The molecule has 0 fully saturated rings. The lowest BCUT2D eigenvalue weighted by Crippen LogP contribution is -2.29. The van der Waals surface area contributed by atoms with Gasteiger partial charge < -0.3 is 9.47 Å². The average molecular weight is 264 g/mol. The van der Waals surface area contributed by atoms with Gasteiger partial charge in [-0.05, 0) is 32.9 Å². The molecular formula is C14H16O5. The van der Waals surface area contributed by atoms with E-state index in [-0.39, 0.29) is 11.1 Å². The van der Waals surface area contributed by atoms with Crippen molar-refractivity contribution < 1.29 is 23.9 Å². The summed E-state index contributed by atoms with van der Waals surface area (Å²) >= 11 is 0. The maximum atomic E-state index is 11.9. The van der Waals surface area contributed by atoms with Crippen LogP contribution in [0, 0.1) is 0 Å². The zero-order chi connectivity index (χ0) is 14.6. The van der Waals surface area contributed by atoms with Crippen LogP contribution >= 0.6 is 0 Å². The van der Waals surface area contributed by atoms with E-state index in [4.69, 9.17) is 4.74 Å². The molecule has 0 N–H and O–H groups in total. The van der Waals surface area contributed by atoms with Crippen molar-refractivity contribution in [2.24, 2.45) is 0 Å². The van der Waals surface area contributed by atoms with Gasteiger partial charge >= 0.3 is 11.9 Å². The molecule has 0 aliphatic heterocycles. The van der Waals surface area contributed by atoms with Crippen LogP contribution in [0.1, 0.15) is 41.5 Å². The van der Waals surface area contributed by atoms with Crippen molar-refractivity contribution in [3.63, 3.8) is 0 Å². The molecule has 0 saturated carbocycles. The SMILES string of the molecule is COC(=O)c1cccc(C(=O)C(=O)OC(C)(C)C)c1. The summed E-state index contributed by atoms with van der Waals surface area (Å²) in [5, 5.41) is 0. The van der Waals surface area contributed by atoms with Crippen LogP contribution in [0.25, 0.3) is 0 Å². The number of ether oxygens (including phenoxy) is 2. The smallest absolute Gasteiger partial charge is 0.380 e. The van der Waals surface area contributed by atoms with Gasteiger partial charge in [-0.15, -0.1) is 0 Å². The molecule has 5 nitrogen and oxygen atoms in total. The maximum Gasteiger partial charge on any atom is 0.380 e.